The minimum atomic E-state index is -3.98. The molecule has 0 aliphatic carbocycles. The van der Waals surface area contributed by atoms with Crippen molar-refractivity contribution in [1.29, 1.82) is 0 Å². The number of nitrogens with two attached hydrogens (primary N) is 1. The number of fused-ring (bicyclic) bond motifs is 1. The van der Waals surface area contributed by atoms with Crippen molar-refractivity contribution in [3.8, 4) is 0 Å². The lowest BCUT2D eigenvalue weighted by Crippen LogP contribution is -2.36. The van der Waals surface area contributed by atoms with Gasteiger partial charge in [-0.1, -0.05) is 0 Å². The number of anilines is 1. The van der Waals surface area contributed by atoms with E-state index in [0.29, 0.717) is 11.2 Å². The number of nitrogens with zero attached hydrogens (tertiary/aromatic N) is 4. The Bertz CT molecular complexity index is 783. The zero-order valence-electron chi connectivity index (χ0n) is 12.5. The third-order valence-electron chi connectivity index (χ3n) is 3.66. The van der Waals surface area contributed by atoms with Crippen LogP contribution in [-0.2, 0) is 25.8 Å². The molecule has 3 heterocycles. The molecule has 2 aromatic heterocycles. The molecule has 5 N–H and O–H groups in total. The molecule has 13 heteroatoms. The number of aromatic nitrogens is 4. The van der Waals surface area contributed by atoms with Crippen molar-refractivity contribution in [2.45, 2.75) is 24.5 Å². The molecule has 2 aromatic rings. The molecule has 1 aliphatic rings. The molecule has 0 aromatic carbocycles. The molecule has 0 unspecified atom stereocenters. The molecule has 0 amide bonds. The Morgan fingerprint density at radius 3 is 2.75 bits per heavy atom. The van der Waals surface area contributed by atoms with E-state index in [1.165, 1.54) is 19.8 Å². The second kappa shape index (κ2) is 6.58. The van der Waals surface area contributed by atoms with E-state index in [1.807, 2.05) is 0 Å². The summed E-state index contributed by atoms with van der Waals surface area (Å²) >= 11 is 4.51. The lowest BCUT2D eigenvalue weighted by atomic mass is 10.1. The van der Waals surface area contributed by atoms with Gasteiger partial charge in [0, 0.05) is 7.11 Å². The van der Waals surface area contributed by atoms with Crippen LogP contribution >= 0.6 is 6.72 Å². The van der Waals surface area contributed by atoms with Gasteiger partial charge in [-0.25, -0.2) is 15.0 Å². The fraction of sp³-hybridized carbons (Fsp3) is 0.545. The molecule has 11 nitrogen and oxygen atoms in total. The van der Waals surface area contributed by atoms with Crippen LogP contribution < -0.4 is 5.73 Å². The Morgan fingerprint density at radius 1 is 1.38 bits per heavy atom. The van der Waals surface area contributed by atoms with Crippen molar-refractivity contribution < 1.29 is 28.9 Å². The van der Waals surface area contributed by atoms with Crippen molar-refractivity contribution in [1.82, 2.24) is 19.5 Å². The number of aliphatic hydroxyl groups excluding tert-OH is 1. The van der Waals surface area contributed by atoms with Gasteiger partial charge in [0.1, 0.15) is 30.2 Å². The third-order valence-corrected chi connectivity index (χ3v) is 4.43. The van der Waals surface area contributed by atoms with Crippen LogP contribution in [0.5, 0.6) is 0 Å². The number of hydrogen-bond donors (Lipinski definition) is 4. The van der Waals surface area contributed by atoms with Gasteiger partial charge in [-0.15, -0.1) is 0 Å². The predicted octanol–water partition coefficient (Wildman–Crippen LogP) is -1.09. The number of methoxy groups -OCH3 is 1. The molecule has 4 atom stereocenters. The topological polar surface area (TPSA) is 158 Å². The average molecular weight is 377 g/mol. The van der Waals surface area contributed by atoms with E-state index in [9.17, 15) is 14.9 Å². The summed E-state index contributed by atoms with van der Waals surface area (Å²) in [5.41, 5.74) is 6.55. The van der Waals surface area contributed by atoms with Gasteiger partial charge >= 0.3 is 6.72 Å². The van der Waals surface area contributed by atoms with Gasteiger partial charge in [-0.2, -0.15) is 0 Å². The predicted molar refractivity (Wildman–Crippen MR) is 85.1 cm³/mol. The number of aliphatic hydroxyl groups is 1. The number of imidazole rings is 1. The van der Waals surface area contributed by atoms with Gasteiger partial charge in [0.2, 0.25) is 0 Å². The highest BCUT2D eigenvalue weighted by molar-refractivity contribution is 8.06. The number of nitrogen functional groups attached to an aromatic ring is 1. The largest absolute Gasteiger partial charge is 0.394 e. The molecular formula is C11H16N5O6PS. The minimum Gasteiger partial charge on any atom is -0.394 e. The minimum absolute atomic E-state index is 0.207. The highest BCUT2D eigenvalue weighted by atomic mass is 32.5. The highest BCUT2D eigenvalue weighted by Gasteiger charge is 2.48. The van der Waals surface area contributed by atoms with E-state index in [-0.39, 0.29) is 5.82 Å². The van der Waals surface area contributed by atoms with Crippen LogP contribution in [0.1, 0.15) is 6.23 Å². The van der Waals surface area contributed by atoms with Gasteiger partial charge in [0.25, 0.3) is 0 Å². The maximum Gasteiger partial charge on any atom is 0.322 e. The monoisotopic (exact) mass is 377 g/mol. The highest BCUT2D eigenvalue weighted by Crippen LogP contribution is 2.45. The van der Waals surface area contributed by atoms with Crippen molar-refractivity contribution in [3.63, 3.8) is 0 Å². The van der Waals surface area contributed by atoms with Gasteiger partial charge in [0.15, 0.2) is 17.7 Å². The van der Waals surface area contributed by atoms with Gasteiger partial charge < -0.3 is 30.1 Å². The fourth-order valence-electron chi connectivity index (χ4n) is 2.67. The Balaban J connectivity index is 2.00. The summed E-state index contributed by atoms with van der Waals surface area (Å²) < 4.78 is 17.8. The Labute approximate surface area is 141 Å². The molecule has 0 spiro atoms. The SMILES string of the molecule is CO[C@@H]1[C@@H](OP(O)(O)=S)[C@@H](CO)O[C@H]1n1cnc2c(N)ncnc21. The lowest BCUT2D eigenvalue weighted by Gasteiger charge is -2.24. The van der Waals surface area contributed by atoms with Crippen LogP contribution in [0.15, 0.2) is 12.7 Å². The Morgan fingerprint density at radius 2 is 2.12 bits per heavy atom. The smallest absolute Gasteiger partial charge is 0.322 e. The summed E-state index contributed by atoms with van der Waals surface area (Å²) in [6.07, 6.45) is -0.723. The lowest BCUT2D eigenvalue weighted by molar-refractivity contribution is -0.0583. The second-order valence-electron chi connectivity index (χ2n) is 5.09. The Kier molecular flexibility index (Phi) is 4.82. The first kappa shape index (κ1) is 17.6. The van der Waals surface area contributed by atoms with Gasteiger partial charge in [-0.05, 0) is 11.8 Å². The van der Waals surface area contributed by atoms with E-state index < -0.39 is 37.9 Å². The first-order chi connectivity index (χ1) is 11.4. The van der Waals surface area contributed by atoms with Crippen molar-refractivity contribution in [3.05, 3.63) is 12.7 Å². The summed E-state index contributed by atoms with van der Waals surface area (Å²) in [7, 11) is 1.40. The van der Waals surface area contributed by atoms with Gasteiger partial charge in [-0.3, -0.25) is 9.09 Å². The average Bonchev–Trinajstić information content (AvgIpc) is 3.07. The van der Waals surface area contributed by atoms with Crippen molar-refractivity contribution in [2.75, 3.05) is 19.5 Å². The quantitative estimate of drug-likeness (QED) is 0.469. The second-order valence-corrected chi connectivity index (χ2v) is 7.71. The summed E-state index contributed by atoms with van der Waals surface area (Å²) in [5, 5.41) is 9.50. The van der Waals surface area contributed by atoms with E-state index in [4.69, 9.17) is 19.7 Å². The summed E-state index contributed by atoms with van der Waals surface area (Å²) in [6, 6.07) is 0. The van der Waals surface area contributed by atoms with E-state index in [1.54, 1.807) is 4.57 Å². The third kappa shape index (κ3) is 3.15. The summed E-state index contributed by atoms with van der Waals surface area (Å²) in [5.74, 6) is 0.207. The molecule has 1 saturated heterocycles. The first-order valence-electron chi connectivity index (χ1n) is 6.81. The van der Waals surface area contributed by atoms with Crippen LogP contribution in [0.3, 0.4) is 0 Å². The summed E-state index contributed by atoms with van der Waals surface area (Å²) in [6.45, 7) is -4.41. The molecule has 0 bridgehead atoms. The van der Waals surface area contributed by atoms with Crippen LogP contribution in [0.25, 0.3) is 11.2 Å². The zero-order chi connectivity index (χ0) is 17.5. The van der Waals surface area contributed by atoms with Crippen molar-refractivity contribution in [2.24, 2.45) is 0 Å². The van der Waals surface area contributed by atoms with Crippen molar-refractivity contribution >= 4 is 35.5 Å². The first-order valence-corrected chi connectivity index (χ1v) is 9.44. The molecule has 0 saturated carbocycles. The Hall–Kier alpha value is -1.24. The molecule has 24 heavy (non-hydrogen) atoms. The van der Waals surface area contributed by atoms with Crippen LogP contribution in [-0.4, -0.2) is 66.4 Å². The maximum atomic E-state index is 9.50. The molecule has 1 aliphatic heterocycles. The van der Waals surface area contributed by atoms with Gasteiger partial charge in [0.05, 0.1) is 12.9 Å². The van der Waals surface area contributed by atoms with Crippen LogP contribution in [0.2, 0.25) is 0 Å². The van der Waals surface area contributed by atoms with E-state index >= 15 is 0 Å². The van der Waals surface area contributed by atoms with E-state index in [0.717, 1.165) is 0 Å². The van der Waals surface area contributed by atoms with Crippen LogP contribution in [0, 0.1) is 0 Å². The number of ether oxygens (including phenoxy) is 2. The maximum absolute atomic E-state index is 9.50. The fourth-order valence-corrected chi connectivity index (χ4v) is 3.54. The normalized spacial score (nSPS) is 27.8. The molecular weight excluding hydrogens is 361 g/mol. The standard InChI is InChI=1S/C11H16N5O6PS/c1-20-8-7(22-23(18,19)24)5(2-17)21-11(8)16-4-15-6-9(12)13-3-14-10(6)16/h3-5,7-8,11,17H,2H2,1H3,(H2,12,13,14)(H2,18,19,24)/t5-,7+,8-,11-/m1/s1. The molecule has 0 radical (unpaired) electrons. The number of rotatable bonds is 5. The summed E-state index contributed by atoms with van der Waals surface area (Å²) in [4.78, 5) is 31.0. The number of hydrogen-bond acceptors (Lipinski definition) is 9. The molecule has 132 valence electrons. The molecule has 3 rings (SSSR count). The molecule has 1 fully saturated rings. The zero-order valence-corrected chi connectivity index (χ0v) is 14.2. The van der Waals surface area contributed by atoms with E-state index in [2.05, 4.69) is 26.8 Å². The van der Waals surface area contributed by atoms with Crippen LogP contribution in [0.4, 0.5) is 5.82 Å².